The third-order valence-electron chi connectivity index (χ3n) is 5.62. The van der Waals surface area contributed by atoms with Crippen LogP contribution in [-0.2, 0) is 10.0 Å². The lowest BCUT2D eigenvalue weighted by Crippen LogP contribution is -2.43. The van der Waals surface area contributed by atoms with Crippen molar-refractivity contribution in [1.82, 2.24) is 23.6 Å². The summed E-state index contributed by atoms with van der Waals surface area (Å²) in [5.41, 5.74) is 0.566. The van der Waals surface area contributed by atoms with E-state index in [0.29, 0.717) is 48.0 Å². The maximum absolute atomic E-state index is 13.5. The van der Waals surface area contributed by atoms with Gasteiger partial charge in [-0.25, -0.2) is 31.2 Å². The zero-order valence-corrected chi connectivity index (χ0v) is 19.2. The summed E-state index contributed by atoms with van der Waals surface area (Å²) in [5.74, 6) is -0.109. The first-order chi connectivity index (χ1) is 15.2. The highest BCUT2D eigenvalue weighted by Gasteiger charge is 2.32. The highest BCUT2D eigenvalue weighted by molar-refractivity contribution is 7.89. The van der Waals surface area contributed by atoms with Crippen molar-refractivity contribution in [2.45, 2.75) is 38.0 Å². The highest BCUT2D eigenvalue weighted by atomic mass is 35.5. The Labute approximate surface area is 190 Å². The summed E-state index contributed by atoms with van der Waals surface area (Å²) >= 11 is 6.33. The third-order valence-corrected chi connectivity index (χ3v) is 8.20. The maximum Gasteiger partial charge on any atom is 0.351 e. The second-order valence-electron chi connectivity index (χ2n) is 7.94. The van der Waals surface area contributed by atoms with Crippen LogP contribution in [0, 0.1) is 5.82 Å². The highest BCUT2D eigenvalue weighted by Crippen LogP contribution is 2.29. The quantitative estimate of drug-likeness (QED) is 0.560. The minimum absolute atomic E-state index is 0.276. The second-order valence-corrected chi connectivity index (χ2v) is 10.8. The van der Waals surface area contributed by atoms with Gasteiger partial charge in [0.15, 0.2) is 5.82 Å². The molecule has 2 aromatic heterocycles. The van der Waals surface area contributed by atoms with Crippen molar-refractivity contribution in [3.63, 3.8) is 0 Å². The van der Waals surface area contributed by atoms with Gasteiger partial charge in [0, 0.05) is 31.0 Å². The Bertz CT molecular complexity index is 1280. The summed E-state index contributed by atoms with van der Waals surface area (Å²) < 4.78 is 42.7. The van der Waals surface area contributed by atoms with E-state index in [4.69, 9.17) is 11.6 Å². The van der Waals surface area contributed by atoms with Gasteiger partial charge in [0.25, 0.3) is 0 Å². The van der Waals surface area contributed by atoms with Crippen molar-refractivity contribution in [3.8, 4) is 17.1 Å². The molecule has 3 aromatic rings. The minimum Gasteiger partial charge on any atom is -0.263 e. The lowest BCUT2D eigenvalue weighted by molar-refractivity contribution is 0.255. The molecule has 3 heterocycles. The third kappa shape index (κ3) is 4.10. The molecule has 1 aliphatic rings. The molecule has 0 amide bonds. The lowest BCUT2D eigenvalue weighted by atomic mass is 10.1. The lowest BCUT2D eigenvalue weighted by Gasteiger charge is -2.31. The van der Waals surface area contributed by atoms with E-state index in [2.05, 4.69) is 10.1 Å². The molecule has 32 heavy (non-hydrogen) atoms. The molecule has 11 heteroatoms. The van der Waals surface area contributed by atoms with Crippen LogP contribution in [-0.4, -0.2) is 50.4 Å². The van der Waals surface area contributed by atoms with Crippen molar-refractivity contribution in [2.75, 3.05) is 13.1 Å². The van der Waals surface area contributed by atoms with Gasteiger partial charge in [-0.05, 0) is 57.0 Å². The molecule has 1 aromatic carbocycles. The normalized spacial score (nSPS) is 16.0. The Kier molecular flexibility index (Phi) is 6.19. The van der Waals surface area contributed by atoms with Gasteiger partial charge < -0.3 is 0 Å². The Hall–Kier alpha value is -2.56. The van der Waals surface area contributed by atoms with Gasteiger partial charge in [-0.1, -0.05) is 11.6 Å². The molecule has 0 N–H and O–H groups in total. The van der Waals surface area contributed by atoms with Gasteiger partial charge in [0.05, 0.1) is 22.0 Å². The van der Waals surface area contributed by atoms with E-state index in [1.807, 2.05) is 0 Å². The van der Waals surface area contributed by atoms with Gasteiger partial charge in [0.2, 0.25) is 10.0 Å². The summed E-state index contributed by atoms with van der Waals surface area (Å²) in [4.78, 5) is 17.4. The largest absolute Gasteiger partial charge is 0.351 e. The SMILES string of the molecule is CC(C)S(=O)(=O)N1CCC(n2nc(-c3ccncc3Cl)n(-c3ccc(F)cc3)c2=O)CC1. The molecule has 0 spiro atoms. The minimum atomic E-state index is -3.35. The summed E-state index contributed by atoms with van der Waals surface area (Å²) in [5, 5.41) is 4.40. The van der Waals surface area contributed by atoms with Crippen molar-refractivity contribution in [2.24, 2.45) is 0 Å². The molecule has 8 nitrogen and oxygen atoms in total. The molecule has 1 aliphatic heterocycles. The second kappa shape index (κ2) is 8.76. The number of piperidine rings is 1. The van der Waals surface area contributed by atoms with Gasteiger partial charge >= 0.3 is 5.69 Å². The molecule has 1 fully saturated rings. The number of hydrogen-bond donors (Lipinski definition) is 0. The first-order valence-corrected chi connectivity index (χ1v) is 12.1. The van der Waals surface area contributed by atoms with Gasteiger partial charge in [-0.3, -0.25) is 4.98 Å². The number of hydrogen-bond acceptors (Lipinski definition) is 5. The van der Waals surface area contributed by atoms with Crippen LogP contribution in [0.3, 0.4) is 0 Å². The zero-order valence-electron chi connectivity index (χ0n) is 17.6. The summed E-state index contributed by atoms with van der Waals surface area (Å²) in [6.45, 7) is 3.93. The first kappa shape index (κ1) is 22.6. The monoisotopic (exact) mass is 479 g/mol. The number of benzene rings is 1. The van der Waals surface area contributed by atoms with E-state index >= 15 is 0 Å². The van der Waals surface area contributed by atoms with E-state index in [9.17, 15) is 17.6 Å². The number of sulfonamides is 1. The molecule has 0 bridgehead atoms. The van der Waals surface area contributed by atoms with E-state index in [0.717, 1.165) is 0 Å². The molecule has 1 saturated heterocycles. The van der Waals surface area contributed by atoms with Crippen LogP contribution in [0.15, 0.2) is 47.5 Å². The van der Waals surface area contributed by atoms with E-state index in [-0.39, 0.29) is 6.04 Å². The number of pyridine rings is 1. The van der Waals surface area contributed by atoms with Crippen LogP contribution in [0.4, 0.5) is 4.39 Å². The summed E-state index contributed by atoms with van der Waals surface area (Å²) in [6, 6.07) is 6.92. The summed E-state index contributed by atoms with van der Waals surface area (Å²) in [6.07, 6.45) is 3.92. The standard InChI is InChI=1S/C21H23ClFN5O3S/c1-14(2)32(30,31)26-11-8-17(9-12-26)28-21(29)27(16-5-3-15(23)4-6-16)20(25-28)18-7-10-24-13-19(18)22/h3-7,10,13-14,17H,8-9,11-12H2,1-2H3. The topological polar surface area (TPSA) is 90.1 Å². The Morgan fingerprint density at radius 3 is 2.38 bits per heavy atom. The number of nitrogens with zero attached hydrogens (tertiary/aromatic N) is 5. The van der Waals surface area contributed by atoms with Crippen molar-refractivity contribution in [1.29, 1.82) is 0 Å². The summed E-state index contributed by atoms with van der Waals surface area (Å²) in [7, 11) is -3.35. The first-order valence-electron chi connectivity index (χ1n) is 10.3. The van der Waals surface area contributed by atoms with E-state index < -0.39 is 26.8 Å². The van der Waals surface area contributed by atoms with E-state index in [1.165, 1.54) is 44.0 Å². The van der Waals surface area contributed by atoms with Crippen molar-refractivity contribution >= 4 is 21.6 Å². The number of rotatable bonds is 5. The van der Waals surface area contributed by atoms with Crippen LogP contribution in [0.2, 0.25) is 5.02 Å². The average molecular weight is 480 g/mol. The number of halogens is 2. The van der Waals surface area contributed by atoms with Crippen LogP contribution in [0.1, 0.15) is 32.7 Å². The molecular formula is C21H23ClFN5O3S. The van der Waals surface area contributed by atoms with Crippen LogP contribution < -0.4 is 5.69 Å². The Morgan fingerprint density at radius 1 is 1.12 bits per heavy atom. The fraction of sp³-hybridized carbons (Fsp3) is 0.381. The molecule has 0 atom stereocenters. The fourth-order valence-electron chi connectivity index (χ4n) is 3.81. The van der Waals surface area contributed by atoms with Crippen LogP contribution in [0.5, 0.6) is 0 Å². The van der Waals surface area contributed by atoms with Crippen molar-refractivity contribution in [3.05, 3.63) is 64.0 Å². The average Bonchev–Trinajstić information content (AvgIpc) is 3.11. The molecule has 0 saturated carbocycles. The molecular weight excluding hydrogens is 457 g/mol. The van der Waals surface area contributed by atoms with Gasteiger partial charge in [-0.2, -0.15) is 0 Å². The van der Waals surface area contributed by atoms with Gasteiger partial charge in [-0.15, -0.1) is 5.10 Å². The Balaban J connectivity index is 1.75. The molecule has 170 valence electrons. The van der Waals surface area contributed by atoms with Crippen LogP contribution in [0.25, 0.3) is 17.1 Å². The van der Waals surface area contributed by atoms with E-state index in [1.54, 1.807) is 26.1 Å². The molecule has 0 aliphatic carbocycles. The smallest absolute Gasteiger partial charge is 0.263 e. The predicted molar refractivity (Wildman–Crippen MR) is 120 cm³/mol. The fourth-order valence-corrected chi connectivity index (χ4v) is 5.33. The predicted octanol–water partition coefficient (Wildman–Crippen LogP) is 3.26. The zero-order chi connectivity index (χ0) is 23.0. The van der Waals surface area contributed by atoms with Crippen molar-refractivity contribution < 1.29 is 12.8 Å². The van der Waals surface area contributed by atoms with Gasteiger partial charge in [0.1, 0.15) is 5.82 Å². The Morgan fingerprint density at radius 2 is 1.78 bits per heavy atom. The molecule has 4 rings (SSSR count). The molecule has 0 unspecified atom stereocenters. The van der Waals surface area contributed by atoms with Crippen LogP contribution >= 0.6 is 11.6 Å². The molecule has 0 radical (unpaired) electrons. The maximum atomic E-state index is 13.5. The number of aromatic nitrogens is 4.